The third kappa shape index (κ3) is 1820. The maximum atomic E-state index is 8.70. The first-order chi connectivity index (χ1) is 6.70. The van der Waals surface area contributed by atoms with Crippen LogP contribution >= 0.6 is 24.8 Å². The van der Waals surface area contributed by atoms with Crippen molar-refractivity contribution >= 4 is 24.8 Å². The van der Waals surface area contributed by atoms with Crippen LogP contribution in [0.4, 0.5) is 0 Å². The first kappa shape index (κ1) is 20.5. The highest BCUT2D eigenvalue weighted by molar-refractivity contribution is 7.31. The highest BCUT2D eigenvalue weighted by Gasteiger charge is 1.95. The third-order valence-corrected chi connectivity index (χ3v) is 0.354. The van der Waals surface area contributed by atoms with Crippen molar-refractivity contribution < 1.29 is 43.1 Å². The van der Waals surface area contributed by atoms with E-state index in [4.69, 9.17) is 43.1 Å². The first-order valence-corrected chi connectivity index (χ1v) is 6.74. The molecular weight excluding hydrogens is 273 g/mol. The van der Waals surface area contributed by atoms with Crippen LogP contribution in [-0.2, 0) is 13.7 Å². The summed E-state index contributed by atoms with van der Waals surface area (Å²) in [6.45, 7) is 0. The fourth-order valence-electron chi connectivity index (χ4n) is 0. The smallest absolute Gasteiger partial charge is 0.134 e. The van der Waals surface area contributed by atoms with Crippen molar-refractivity contribution in [3.05, 3.63) is 0 Å². The van der Waals surface area contributed by atoms with Gasteiger partial charge in [0.2, 0.25) is 0 Å². The lowest BCUT2D eigenvalue weighted by atomic mass is 11.0. The van der Waals surface area contributed by atoms with Crippen molar-refractivity contribution in [3.63, 3.8) is 0 Å². The molecule has 0 aromatic rings. The molecule has 1 aliphatic rings. The Hall–Kier alpha value is 0.0600. The van der Waals surface area contributed by atoms with E-state index in [9.17, 15) is 0 Å². The molecule has 90 valence electrons. The topological polar surface area (TPSA) is 173 Å². The zero-order valence-corrected chi connectivity index (χ0v) is 10.1. The van der Waals surface area contributed by atoms with Gasteiger partial charge in [-0.25, -0.2) is 0 Å². The molecule has 1 aliphatic carbocycles. The van der Waals surface area contributed by atoms with Gasteiger partial charge in [-0.15, -0.1) is 29.4 Å². The predicted molar refractivity (Wildman–Crippen MR) is 50.0 cm³/mol. The van der Waals surface area contributed by atoms with E-state index in [-0.39, 0.29) is 0 Å². The van der Waals surface area contributed by atoms with E-state index in [0.717, 1.165) is 0 Å². The highest BCUT2D eigenvalue weighted by Crippen LogP contribution is 2.14. The summed E-state index contributed by atoms with van der Waals surface area (Å²) in [5, 5.41) is 0. The Labute approximate surface area is 87.9 Å². The normalized spacial score (nSPS) is 10.0. The van der Waals surface area contributed by atoms with Gasteiger partial charge in [0.15, 0.2) is 0 Å². The van der Waals surface area contributed by atoms with Crippen LogP contribution < -0.4 is 0 Å². The summed E-state index contributed by atoms with van der Waals surface area (Å²) in [4.78, 5) is 42.7. The minimum absolute atomic E-state index is 1.50. The molecule has 0 aliphatic heterocycles. The summed E-state index contributed by atoms with van der Waals surface area (Å²) in [7, 11) is -8.61. The quantitative estimate of drug-likeness (QED) is 0.336. The summed E-state index contributed by atoms with van der Waals surface area (Å²) < 4.78 is 26.1. The van der Waals surface area contributed by atoms with E-state index >= 15 is 0 Å². The van der Waals surface area contributed by atoms with Gasteiger partial charge in [0.1, 0.15) is 0 Å². The second-order valence-corrected chi connectivity index (χ2v) is 3.34. The maximum absolute atomic E-state index is 8.70. The lowest BCUT2D eigenvalue weighted by Gasteiger charge is -1.34. The number of hydrogen-bond donors (Lipinski definition) is 6. The van der Waals surface area contributed by atoms with E-state index in [1.165, 1.54) is 19.3 Å². The third-order valence-electron chi connectivity index (χ3n) is 0.354. The summed E-state index contributed by atoms with van der Waals surface area (Å²) in [5.74, 6) is 0. The van der Waals surface area contributed by atoms with Gasteiger partial charge in [0, 0.05) is 13.7 Å². The van der Waals surface area contributed by atoms with E-state index in [0.29, 0.717) is 0 Å². The molecule has 0 bridgehead atoms. The van der Waals surface area contributed by atoms with Crippen LogP contribution in [0.5, 0.6) is 0 Å². The minimum atomic E-state index is -2.87. The van der Waals surface area contributed by atoms with Crippen molar-refractivity contribution in [1.29, 1.82) is 0 Å². The molecule has 0 saturated heterocycles. The predicted octanol–water partition coefficient (Wildman–Crippen LogP) is 0.0555. The summed E-state index contributed by atoms with van der Waals surface area (Å²) in [6.07, 6.45) is 4.50. The molecule has 0 amide bonds. The van der Waals surface area contributed by atoms with Crippen LogP contribution in [0.2, 0.25) is 0 Å². The van der Waals surface area contributed by atoms with Crippen LogP contribution in [0.3, 0.4) is 0 Å². The molecule has 12 heteroatoms. The highest BCUT2D eigenvalue weighted by atomic mass is 31.1. The molecule has 0 aromatic heterocycles. The van der Waals surface area contributed by atoms with Gasteiger partial charge >= 0.3 is 24.8 Å². The van der Waals surface area contributed by atoms with Crippen LogP contribution in [-0.4, -0.2) is 29.4 Å². The van der Waals surface area contributed by atoms with Crippen molar-refractivity contribution in [1.82, 2.24) is 0 Å². The summed E-state index contributed by atoms with van der Waals surface area (Å²) in [6, 6.07) is 0. The average molecular weight is 285 g/mol. The van der Waals surface area contributed by atoms with Crippen LogP contribution in [0.15, 0.2) is 0 Å². The fourth-order valence-corrected chi connectivity index (χ4v) is 0. The zero-order chi connectivity index (χ0) is 12.9. The molecule has 1 fully saturated rings. The molecule has 6 N–H and O–H groups in total. The Morgan fingerprint density at radius 2 is 0.600 bits per heavy atom. The molecule has 9 nitrogen and oxygen atoms in total. The summed E-state index contributed by atoms with van der Waals surface area (Å²) in [5.41, 5.74) is 0. The fraction of sp³-hybridized carbons (Fsp3) is 1.00. The van der Waals surface area contributed by atoms with Gasteiger partial charge in [-0.1, -0.05) is 19.3 Å². The monoisotopic (exact) mass is 285 g/mol. The Kier molecular flexibility index (Phi) is 22.5. The van der Waals surface area contributed by atoms with Gasteiger partial charge in [-0.2, -0.15) is 0 Å². The molecule has 1 rings (SSSR count). The molecule has 0 aromatic carbocycles. The second kappa shape index (κ2) is 16.5. The molecule has 0 unspecified atom stereocenters. The number of hydrogen-bond acceptors (Lipinski definition) is 3. The average Bonchev–Trinajstić information content (AvgIpc) is 2.61. The van der Waals surface area contributed by atoms with Crippen molar-refractivity contribution in [2.45, 2.75) is 19.3 Å². The largest absolute Gasteiger partial charge is 0.692 e. The van der Waals surface area contributed by atoms with Gasteiger partial charge in [0.25, 0.3) is 0 Å². The molecule has 0 spiro atoms. The van der Waals surface area contributed by atoms with Gasteiger partial charge in [-0.3, -0.25) is 0 Å². The van der Waals surface area contributed by atoms with Crippen molar-refractivity contribution in [3.8, 4) is 0 Å². The number of rotatable bonds is 0. The van der Waals surface area contributed by atoms with E-state index in [2.05, 4.69) is 0 Å². The second-order valence-electron chi connectivity index (χ2n) is 1.82. The van der Waals surface area contributed by atoms with E-state index in [1.54, 1.807) is 0 Å². The summed E-state index contributed by atoms with van der Waals surface area (Å²) >= 11 is 0. The Balaban J connectivity index is -0.000000128. The molecule has 0 atom stereocenters. The molecule has 15 heavy (non-hydrogen) atoms. The molecular formula is C3H12O9P3+3. The lowest BCUT2D eigenvalue weighted by molar-refractivity contribution is 0.403. The van der Waals surface area contributed by atoms with Gasteiger partial charge in [0.05, 0.1) is 0 Å². The molecule has 1 saturated carbocycles. The lowest BCUT2D eigenvalue weighted by Crippen LogP contribution is -1.38. The zero-order valence-electron chi connectivity index (χ0n) is 7.37. The van der Waals surface area contributed by atoms with Gasteiger partial charge in [-0.05, 0) is 0 Å². The SMILES string of the molecule is C1CC1.O=[P+](O)O.O=[P+](O)O.O=[P+](O)O. The molecule has 0 heterocycles. The Bertz CT molecular complexity index is 148. The maximum Gasteiger partial charge on any atom is 0.692 e. The van der Waals surface area contributed by atoms with Crippen LogP contribution in [0.1, 0.15) is 19.3 Å². The minimum Gasteiger partial charge on any atom is -0.134 e. The molecule has 0 radical (unpaired) electrons. The Morgan fingerprint density at radius 1 is 0.533 bits per heavy atom. The standard InChI is InChI=1S/C3H6.3HO3P/c1-2-3-1;3*1-4(2)3/h1-3H2;3*(H-,1,2,3)/p+3. The van der Waals surface area contributed by atoms with Crippen molar-refractivity contribution in [2.24, 2.45) is 0 Å². The van der Waals surface area contributed by atoms with E-state index < -0.39 is 24.8 Å². The Morgan fingerprint density at radius 3 is 0.600 bits per heavy atom. The van der Waals surface area contributed by atoms with Gasteiger partial charge < -0.3 is 0 Å². The van der Waals surface area contributed by atoms with Crippen LogP contribution in [0.25, 0.3) is 0 Å². The van der Waals surface area contributed by atoms with Crippen molar-refractivity contribution in [2.75, 3.05) is 0 Å². The van der Waals surface area contributed by atoms with E-state index in [1.807, 2.05) is 0 Å². The van der Waals surface area contributed by atoms with Crippen LogP contribution in [0, 0.1) is 0 Å². The first-order valence-electron chi connectivity index (χ1n) is 3.25.